The Bertz CT molecular complexity index is 81.7. The van der Waals surface area contributed by atoms with Gasteiger partial charge in [-0.05, 0) is 13.8 Å². The molecule has 2 N–H and O–H groups in total. The van der Waals surface area contributed by atoms with Crippen LogP contribution in [-0.4, -0.2) is 32.5 Å². The van der Waals surface area contributed by atoms with Crippen molar-refractivity contribution in [1.29, 1.82) is 0 Å². The average molecular weight is 147 g/mol. The van der Waals surface area contributed by atoms with Crippen molar-refractivity contribution in [2.45, 2.75) is 19.4 Å². The molecule has 62 valence electrons. The van der Waals surface area contributed by atoms with E-state index >= 15 is 0 Å². The second-order valence-electron chi connectivity index (χ2n) is 2.50. The maximum absolute atomic E-state index is 5.45. The molecule has 0 radical (unpaired) electrons. The van der Waals surface area contributed by atoms with Crippen molar-refractivity contribution < 1.29 is 9.47 Å². The van der Waals surface area contributed by atoms with Crippen molar-refractivity contribution in [2.75, 3.05) is 26.9 Å². The van der Waals surface area contributed by atoms with Gasteiger partial charge in [-0.2, -0.15) is 0 Å². The molecule has 3 nitrogen and oxygen atoms in total. The summed E-state index contributed by atoms with van der Waals surface area (Å²) in [5.74, 6) is 0. The Balaban J connectivity index is 3.58. The zero-order valence-corrected chi connectivity index (χ0v) is 7.02. The Morgan fingerprint density at radius 2 is 2.10 bits per heavy atom. The predicted octanol–water partition coefficient (Wildman–Crippen LogP) is 0.387. The Kier molecular flexibility index (Phi) is 4.60. The summed E-state index contributed by atoms with van der Waals surface area (Å²) in [5.41, 5.74) is 5.14. The van der Waals surface area contributed by atoms with Crippen LogP contribution in [0.3, 0.4) is 0 Å². The molecule has 0 spiro atoms. The van der Waals surface area contributed by atoms with Crippen LogP contribution in [0.5, 0.6) is 0 Å². The van der Waals surface area contributed by atoms with Crippen molar-refractivity contribution in [1.82, 2.24) is 0 Å². The summed E-state index contributed by atoms with van der Waals surface area (Å²) in [7, 11) is 1.64. The highest BCUT2D eigenvalue weighted by molar-refractivity contribution is 4.74. The van der Waals surface area contributed by atoms with Gasteiger partial charge in [0.25, 0.3) is 0 Å². The minimum atomic E-state index is -0.310. The summed E-state index contributed by atoms with van der Waals surface area (Å²) >= 11 is 0. The van der Waals surface area contributed by atoms with E-state index in [4.69, 9.17) is 15.2 Å². The van der Waals surface area contributed by atoms with E-state index in [2.05, 4.69) is 0 Å². The third kappa shape index (κ3) is 3.15. The summed E-state index contributed by atoms with van der Waals surface area (Å²) < 4.78 is 10.3. The molecule has 0 aliphatic heterocycles. The van der Waals surface area contributed by atoms with Gasteiger partial charge in [-0.3, -0.25) is 0 Å². The first kappa shape index (κ1) is 9.88. The fourth-order valence-electron chi connectivity index (χ4n) is 0.519. The van der Waals surface area contributed by atoms with Crippen LogP contribution in [0.1, 0.15) is 13.8 Å². The monoisotopic (exact) mass is 147 g/mol. The van der Waals surface area contributed by atoms with E-state index in [1.807, 2.05) is 13.8 Å². The van der Waals surface area contributed by atoms with Crippen molar-refractivity contribution in [3.63, 3.8) is 0 Å². The largest absolute Gasteiger partial charge is 0.379 e. The van der Waals surface area contributed by atoms with Gasteiger partial charge in [-0.25, -0.2) is 0 Å². The fourth-order valence-corrected chi connectivity index (χ4v) is 0.519. The number of nitrogens with two attached hydrogens (primary N) is 1. The van der Waals surface area contributed by atoms with E-state index < -0.39 is 0 Å². The minimum Gasteiger partial charge on any atom is -0.379 e. The molecule has 0 aromatic carbocycles. The molecule has 1 unspecified atom stereocenters. The van der Waals surface area contributed by atoms with E-state index in [1.165, 1.54) is 0 Å². The number of rotatable bonds is 5. The first-order chi connectivity index (χ1) is 4.68. The van der Waals surface area contributed by atoms with Gasteiger partial charge in [0.1, 0.15) is 5.60 Å². The lowest BCUT2D eigenvalue weighted by Gasteiger charge is -2.25. The Morgan fingerprint density at radius 1 is 1.50 bits per heavy atom. The highest BCUT2D eigenvalue weighted by Crippen LogP contribution is 2.06. The van der Waals surface area contributed by atoms with Gasteiger partial charge in [-0.15, -0.1) is 0 Å². The quantitative estimate of drug-likeness (QED) is 0.611. The lowest BCUT2D eigenvalue weighted by molar-refractivity contribution is -0.0541. The van der Waals surface area contributed by atoms with Gasteiger partial charge >= 0.3 is 0 Å². The van der Waals surface area contributed by atoms with E-state index in [0.29, 0.717) is 19.8 Å². The molecule has 0 amide bonds. The predicted molar refractivity (Wildman–Crippen MR) is 41.0 cm³/mol. The first-order valence-corrected chi connectivity index (χ1v) is 3.51. The lowest BCUT2D eigenvalue weighted by atomic mass is 10.1. The van der Waals surface area contributed by atoms with Crippen LogP contribution >= 0.6 is 0 Å². The van der Waals surface area contributed by atoms with Gasteiger partial charge in [-0.1, -0.05) is 0 Å². The average Bonchev–Trinajstić information content (AvgIpc) is 2.00. The van der Waals surface area contributed by atoms with Crippen LogP contribution in [0.2, 0.25) is 0 Å². The van der Waals surface area contributed by atoms with Gasteiger partial charge < -0.3 is 15.2 Å². The summed E-state index contributed by atoms with van der Waals surface area (Å²) in [5, 5.41) is 0. The van der Waals surface area contributed by atoms with Gasteiger partial charge in [0.15, 0.2) is 0 Å². The zero-order valence-electron chi connectivity index (χ0n) is 7.02. The van der Waals surface area contributed by atoms with Crippen molar-refractivity contribution >= 4 is 0 Å². The summed E-state index contributed by atoms with van der Waals surface area (Å²) in [6, 6.07) is 0. The van der Waals surface area contributed by atoms with E-state index in [9.17, 15) is 0 Å². The molecule has 0 fully saturated rings. The topological polar surface area (TPSA) is 44.5 Å². The number of hydrogen-bond donors (Lipinski definition) is 1. The van der Waals surface area contributed by atoms with Crippen LogP contribution < -0.4 is 5.73 Å². The highest BCUT2D eigenvalue weighted by atomic mass is 16.5. The lowest BCUT2D eigenvalue weighted by Crippen LogP contribution is -2.41. The van der Waals surface area contributed by atoms with Crippen LogP contribution in [-0.2, 0) is 9.47 Å². The van der Waals surface area contributed by atoms with Crippen molar-refractivity contribution in [2.24, 2.45) is 5.73 Å². The van der Waals surface area contributed by atoms with E-state index in [1.54, 1.807) is 7.11 Å². The molecule has 0 aromatic rings. The molecule has 0 aliphatic carbocycles. The molecule has 0 aliphatic rings. The molecular weight excluding hydrogens is 130 g/mol. The molecule has 0 heterocycles. The number of methoxy groups -OCH3 is 1. The van der Waals surface area contributed by atoms with Gasteiger partial charge in [0.2, 0.25) is 0 Å². The van der Waals surface area contributed by atoms with Gasteiger partial charge in [0.05, 0.1) is 6.61 Å². The smallest absolute Gasteiger partial charge is 0.100 e. The van der Waals surface area contributed by atoms with Crippen molar-refractivity contribution in [3.05, 3.63) is 0 Å². The maximum atomic E-state index is 5.45. The van der Waals surface area contributed by atoms with Crippen LogP contribution in [0, 0.1) is 0 Å². The molecule has 3 heteroatoms. The number of hydrogen-bond acceptors (Lipinski definition) is 3. The standard InChI is InChI=1S/C7H17NO2/c1-4-10-6-7(2,5-8)9-3/h4-6,8H2,1-3H3. The second kappa shape index (κ2) is 4.66. The second-order valence-corrected chi connectivity index (χ2v) is 2.50. The molecular formula is C7H17NO2. The van der Waals surface area contributed by atoms with Crippen LogP contribution in [0.15, 0.2) is 0 Å². The normalized spacial score (nSPS) is 16.8. The third-order valence-corrected chi connectivity index (χ3v) is 1.54. The SMILES string of the molecule is CCOCC(C)(CN)OC. The summed E-state index contributed by atoms with van der Waals surface area (Å²) in [6.45, 7) is 5.65. The summed E-state index contributed by atoms with van der Waals surface area (Å²) in [6.07, 6.45) is 0. The third-order valence-electron chi connectivity index (χ3n) is 1.54. The highest BCUT2D eigenvalue weighted by Gasteiger charge is 2.20. The Labute approximate surface area is 62.5 Å². The number of ether oxygens (including phenoxy) is 2. The summed E-state index contributed by atoms with van der Waals surface area (Å²) in [4.78, 5) is 0. The molecule has 0 saturated carbocycles. The van der Waals surface area contributed by atoms with Crippen LogP contribution in [0.4, 0.5) is 0 Å². The van der Waals surface area contributed by atoms with Gasteiger partial charge in [0, 0.05) is 20.3 Å². The Hall–Kier alpha value is -0.120. The molecule has 0 rings (SSSR count). The molecule has 1 atom stereocenters. The Morgan fingerprint density at radius 3 is 2.40 bits per heavy atom. The van der Waals surface area contributed by atoms with E-state index in [-0.39, 0.29) is 5.60 Å². The maximum Gasteiger partial charge on any atom is 0.100 e. The first-order valence-electron chi connectivity index (χ1n) is 3.51. The fraction of sp³-hybridized carbons (Fsp3) is 1.00. The van der Waals surface area contributed by atoms with Crippen LogP contribution in [0.25, 0.3) is 0 Å². The molecule has 0 saturated heterocycles. The molecule has 0 bridgehead atoms. The molecule has 0 aromatic heterocycles. The molecule has 10 heavy (non-hydrogen) atoms. The minimum absolute atomic E-state index is 0.310. The van der Waals surface area contributed by atoms with Crippen molar-refractivity contribution in [3.8, 4) is 0 Å². The van der Waals surface area contributed by atoms with E-state index in [0.717, 1.165) is 0 Å². The zero-order chi connectivity index (χ0) is 8.04.